The molecule has 0 aliphatic heterocycles. The lowest BCUT2D eigenvalue weighted by molar-refractivity contribution is -0.136. The van der Waals surface area contributed by atoms with Crippen LogP contribution in [-0.4, -0.2) is 18.5 Å². The van der Waals surface area contributed by atoms with Crippen LogP contribution in [0.2, 0.25) is 0 Å². The number of ether oxygens (including phenoxy) is 1. The molecule has 1 atom stereocenters. The van der Waals surface area contributed by atoms with Crippen LogP contribution >= 0.6 is 0 Å². The van der Waals surface area contributed by atoms with E-state index in [0.717, 1.165) is 6.42 Å². The highest BCUT2D eigenvalue weighted by Crippen LogP contribution is 2.13. The summed E-state index contributed by atoms with van der Waals surface area (Å²) in [6, 6.07) is 0. The summed E-state index contributed by atoms with van der Waals surface area (Å²) in [4.78, 5) is 11.7. The van der Waals surface area contributed by atoms with E-state index in [0.29, 0.717) is 6.61 Å². The predicted octanol–water partition coefficient (Wildman–Crippen LogP) is 2.66. The van der Waals surface area contributed by atoms with Crippen LogP contribution in [0.3, 0.4) is 0 Å². The van der Waals surface area contributed by atoms with E-state index in [4.69, 9.17) is 4.74 Å². The second kappa shape index (κ2) is 6.14. The summed E-state index contributed by atoms with van der Waals surface area (Å²) in [6.07, 6.45) is 0.758. The van der Waals surface area contributed by atoms with E-state index in [2.05, 4.69) is 6.92 Å². The van der Waals surface area contributed by atoms with Crippen molar-refractivity contribution in [1.82, 2.24) is 0 Å². The van der Waals surface area contributed by atoms with Crippen molar-refractivity contribution >= 4 is 5.78 Å². The van der Waals surface area contributed by atoms with Gasteiger partial charge in [0.1, 0.15) is 6.10 Å². The Labute approximate surface area is 81.7 Å². The van der Waals surface area contributed by atoms with Crippen molar-refractivity contribution in [1.29, 1.82) is 0 Å². The van der Waals surface area contributed by atoms with Crippen molar-refractivity contribution < 1.29 is 9.53 Å². The molecule has 0 saturated heterocycles. The van der Waals surface area contributed by atoms with E-state index in [-0.39, 0.29) is 23.7 Å². The number of carbonyl (C=O) groups excluding carboxylic acids is 1. The Kier molecular flexibility index (Phi) is 5.97. The lowest BCUT2D eigenvalue weighted by Gasteiger charge is -2.21. The van der Waals surface area contributed by atoms with Crippen LogP contribution in [-0.2, 0) is 9.53 Å². The lowest BCUT2D eigenvalue weighted by Crippen LogP contribution is -2.33. The van der Waals surface area contributed by atoms with Crippen molar-refractivity contribution in [3.8, 4) is 0 Å². The summed E-state index contributed by atoms with van der Waals surface area (Å²) in [5.74, 6) is 0.578. The number of hydrogen-bond donors (Lipinski definition) is 0. The Morgan fingerprint density at radius 3 is 2.08 bits per heavy atom. The maximum atomic E-state index is 11.7. The minimum absolute atomic E-state index is 0.0734. The molecule has 0 aromatic heterocycles. The summed E-state index contributed by atoms with van der Waals surface area (Å²) in [5.41, 5.74) is 0. The maximum Gasteiger partial charge on any atom is 0.164 e. The van der Waals surface area contributed by atoms with Gasteiger partial charge in [-0.1, -0.05) is 34.6 Å². The largest absolute Gasteiger partial charge is 0.370 e. The molecule has 0 aromatic carbocycles. The van der Waals surface area contributed by atoms with Crippen LogP contribution < -0.4 is 0 Å². The molecule has 0 radical (unpaired) electrons. The number of rotatable bonds is 6. The second-order valence-corrected chi connectivity index (χ2v) is 4.09. The first-order chi connectivity index (χ1) is 6.00. The average Bonchev–Trinajstić information content (AvgIpc) is 2.04. The van der Waals surface area contributed by atoms with Gasteiger partial charge in [0.25, 0.3) is 0 Å². The maximum absolute atomic E-state index is 11.7. The van der Waals surface area contributed by atoms with Gasteiger partial charge < -0.3 is 4.74 Å². The summed E-state index contributed by atoms with van der Waals surface area (Å²) in [7, 11) is 0. The fraction of sp³-hybridized carbons (Fsp3) is 0.909. The van der Waals surface area contributed by atoms with Crippen LogP contribution in [0.25, 0.3) is 0 Å². The molecule has 0 heterocycles. The Balaban J connectivity index is 4.16. The highest BCUT2D eigenvalue weighted by Gasteiger charge is 2.24. The van der Waals surface area contributed by atoms with Gasteiger partial charge in [-0.05, 0) is 12.3 Å². The Morgan fingerprint density at radius 2 is 1.77 bits per heavy atom. The molecule has 0 aromatic rings. The van der Waals surface area contributed by atoms with Gasteiger partial charge in [0.2, 0.25) is 0 Å². The minimum atomic E-state index is -0.208. The van der Waals surface area contributed by atoms with Gasteiger partial charge >= 0.3 is 0 Å². The molecular formula is C11H22O2. The second-order valence-electron chi connectivity index (χ2n) is 4.09. The van der Waals surface area contributed by atoms with Gasteiger partial charge in [0.15, 0.2) is 5.78 Å². The minimum Gasteiger partial charge on any atom is -0.370 e. The molecule has 0 unspecified atom stereocenters. The molecule has 0 amide bonds. The fourth-order valence-corrected chi connectivity index (χ4v) is 1.18. The van der Waals surface area contributed by atoms with Gasteiger partial charge in [0.05, 0.1) is 0 Å². The quantitative estimate of drug-likeness (QED) is 0.637. The van der Waals surface area contributed by atoms with Crippen molar-refractivity contribution in [2.45, 2.75) is 47.1 Å². The SMILES string of the molecule is CCCO[C@H](C(=O)C(C)C)C(C)C. The molecule has 0 rings (SSSR count). The van der Waals surface area contributed by atoms with Crippen LogP contribution in [0, 0.1) is 11.8 Å². The van der Waals surface area contributed by atoms with E-state index in [1.54, 1.807) is 0 Å². The summed E-state index contributed by atoms with van der Waals surface area (Å²) < 4.78 is 5.53. The van der Waals surface area contributed by atoms with Gasteiger partial charge in [-0.15, -0.1) is 0 Å². The van der Waals surface area contributed by atoms with E-state index >= 15 is 0 Å². The van der Waals surface area contributed by atoms with Gasteiger partial charge in [0, 0.05) is 12.5 Å². The lowest BCUT2D eigenvalue weighted by atomic mass is 9.95. The topological polar surface area (TPSA) is 26.3 Å². The summed E-state index contributed by atoms with van der Waals surface area (Å²) >= 11 is 0. The molecule has 0 spiro atoms. The fourth-order valence-electron chi connectivity index (χ4n) is 1.18. The van der Waals surface area contributed by atoms with E-state index in [9.17, 15) is 4.79 Å². The van der Waals surface area contributed by atoms with Crippen molar-refractivity contribution in [2.24, 2.45) is 11.8 Å². The van der Waals surface area contributed by atoms with Crippen LogP contribution in [0.1, 0.15) is 41.0 Å². The molecule has 2 heteroatoms. The Morgan fingerprint density at radius 1 is 1.23 bits per heavy atom. The zero-order valence-corrected chi connectivity index (χ0v) is 9.46. The molecule has 2 nitrogen and oxygen atoms in total. The van der Waals surface area contributed by atoms with Gasteiger partial charge in [-0.25, -0.2) is 0 Å². The normalized spacial score (nSPS) is 13.8. The molecule has 0 fully saturated rings. The van der Waals surface area contributed by atoms with E-state index in [1.807, 2.05) is 27.7 Å². The first-order valence-corrected chi connectivity index (χ1v) is 5.16. The molecule has 0 N–H and O–H groups in total. The van der Waals surface area contributed by atoms with E-state index in [1.165, 1.54) is 0 Å². The van der Waals surface area contributed by atoms with Crippen LogP contribution in [0.15, 0.2) is 0 Å². The predicted molar refractivity (Wildman–Crippen MR) is 54.7 cm³/mol. The third kappa shape index (κ3) is 4.41. The van der Waals surface area contributed by atoms with Crippen molar-refractivity contribution in [2.75, 3.05) is 6.61 Å². The number of hydrogen-bond acceptors (Lipinski definition) is 2. The number of ketones is 1. The summed E-state index contributed by atoms with van der Waals surface area (Å²) in [6.45, 7) is 10.6. The molecule has 0 aliphatic rings. The van der Waals surface area contributed by atoms with Crippen LogP contribution in [0.4, 0.5) is 0 Å². The van der Waals surface area contributed by atoms with Crippen LogP contribution in [0.5, 0.6) is 0 Å². The number of Topliss-reactive ketones (excluding diaryl/α,β-unsaturated/α-hetero) is 1. The molecule has 0 aliphatic carbocycles. The highest BCUT2D eigenvalue weighted by molar-refractivity contribution is 5.85. The zero-order chi connectivity index (χ0) is 10.4. The molecular weight excluding hydrogens is 164 g/mol. The van der Waals surface area contributed by atoms with Crippen molar-refractivity contribution in [3.05, 3.63) is 0 Å². The Bertz CT molecular complexity index is 150. The first-order valence-electron chi connectivity index (χ1n) is 5.16. The summed E-state index contributed by atoms with van der Waals surface area (Å²) in [5, 5.41) is 0. The molecule has 78 valence electrons. The molecule has 0 bridgehead atoms. The Hall–Kier alpha value is -0.370. The third-order valence-electron chi connectivity index (χ3n) is 1.96. The van der Waals surface area contributed by atoms with Crippen molar-refractivity contribution in [3.63, 3.8) is 0 Å². The average molecular weight is 186 g/mol. The standard InChI is InChI=1S/C11H22O2/c1-6-7-13-11(9(4)5)10(12)8(2)3/h8-9,11H,6-7H2,1-5H3/t11-/m0/s1. The van der Waals surface area contributed by atoms with E-state index < -0.39 is 0 Å². The molecule has 13 heavy (non-hydrogen) atoms. The monoisotopic (exact) mass is 186 g/mol. The molecule has 0 saturated carbocycles. The van der Waals surface area contributed by atoms with Gasteiger partial charge in [-0.3, -0.25) is 4.79 Å². The first kappa shape index (κ1) is 12.6. The number of carbonyl (C=O) groups is 1. The third-order valence-corrected chi connectivity index (χ3v) is 1.96. The van der Waals surface area contributed by atoms with Gasteiger partial charge in [-0.2, -0.15) is 0 Å². The highest BCUT2D eigenvalue weighted by atomic mass is 16.5. The smallest absolute Gasteiger partial charge is 0.164 e. The zero-order valence-electron chi connectivity index (χ0n) is 9.46.